The van der Waals surface area contributed by atoms with Gasteiger partial charge in [-0.25, -0.2) is 0 Å². The monoisotopic (exact) mass is 490 g/mol. The number of nitrogens with zero attached hydrogens (tertiary/aromatic N) is 2. The highest BCUT2D eigenvalue weighted by molar-refractivity contribution is 6.33. The number of halogens is 4. The van der Waals surface area contributed by atoms with Gasteiger partial charge in [0.1, 0.15) is 5.69 Å². The highest BCUT2D eigenvalue weighted by Gasteiger charge is 2.30. The van der Waals surface area contributed by atoms with E-state index in [4.69, 9.17) is 16.3 Å². The molecule has 0 bridgehead atoms. The molecule has 9 heteroatoms. The van der Waals surface area contributed by atoms with Crippen molar-refractivity contribution in [3.8, 4) is 11.1 Å². The van der Waals surface area contributed by atoms with E-state index >= 15 is 0 Å². The molecule has 1 aromatic heterocycles. The van der Waals surface area contributed by atoms with E-state index in [1.165, 1.54) is 16.7 Å². The fourth-order valence-electron chi connectivity index (χ4n) is 3.94. The summed E-state index contributed by atoms with van der Waals surface area (Å²) in [5.74, 6) is -0.338. The predicted octanol–water partition coefficient (Wildman–Crippen LogP) is 4.99. The van der Waals surface area contributed by atoms with Crippen molar-refractivity contribution in [2.24, 2.45) is 7.05 Å². The molecule has 0 N–H and O–H groups in total. The number of alkyl halides is 3. The number of hydrogen-bond acceptors (Lipinski definition) is 4. The first-order valence-corrected chi connectivity index (χ1v) is 11.0. The Morgan fingerprint density at radius 2 is 1.82 bits per heavy atom. The van der Waals surface area contributed by atoms with Crippen LogP contribution in [-0.2, 0) is 24.4 Å². The number of carbonyl (C=O) groups excluding carboxylic acids is 1. The summed E-state index contributed by atoms with van der Waals surface area (Å²) < 4.78 is 45.9. The largest absolute Gasteiger partial charge is 0.416 e. The van der Waals surface area contributed by atoms with Crippen molar-refractivity contribution in [2.75, 3.05) is 31.2 Å². The first-order chi connectivity index (χ1) is 16.1. The Balaban J connectivity index is 1.66. The van der Waals surface area contributed by atoms with Gasteiger partial charge in [0.15, 0.2) is 5.78 Å². The molecule has 2 aromatic carbocycles. The Morgan fingerprint density at radius 3 is 2.53 bits per heavy atom. The van der Waals surface area contributed by atoms with Crippen molar-refractivity contribution in [3.63, 3.8) is 0 Å². The average Bonchev–Trinajstić information content (AvgIpc) is 2.81. The van der Waals surface area contributed by atoms with Crippen molar-refractivity contribution in [2.45, 2.75) is 12.6 Å². The number of rotatable bonds is 5. The van der Waals surface area contributed by atoms with Crippen LogP contribution in [0.25, 0.3) is 11.1 Å². The number of aryl methyl sites for hydroxylation is 1. The molecule has 0 unspecified atom stereocenters. The maximum atomic E-state index is 13.0. The van der Waals surface area contributed by atoms with Crippen LogP contribution in [-0.4, -0.2) is 36.7 Å². The second-order valence-electron chi connectivity index (χ2n) is 8.12. The molecule has 4 rings (SSSR count). The van der Waals surface area contributed by atoms with Gasteiger partial charge in [-0.05, 0) is 35.9 Å². The lowest BCUT2D eigenvalue weighted by molar-refractivity contribution is -0.137. The standard InChI is InChI=1S/C25H22ClF3N2O3/c1-30-15-18(14-22(24(30)33)31-7-9-34-10-8-31)20-13-17(5-6-21(20)26)23(32)12-16-3-2-4-19(11-16)25(27,28)29/h2-6,11,13-15H,7-10,12H2,1H3. The number of ketones is 1. The Hall–Kier alpha value is -3.10. The molecule has 1 aliphatic heterocycles. The summed E-state index contributed by atoms with van der Waals surface area (Å²) >= 11 is 6.44. The first-order valence-electron chi connectivity index (χ1n) is 10.7. The van der Waals surface area contributed by atoms with Gasteiger partial charge in [0, 0.05) is 54.5 Å². The Bertz CT molecular complexity index is 1280. The second kappa shape index (κ2) is 9.64. The van der Waals surface area contributed by atoms with Crippen LogP contribution in [0.5, 0.6) is 0 Å². The summed E-state index contributed by atoms with van der Waals surface area (Å²) in [6.07, 6.45) is -3.01. The van der Waals surface area contributed by atoms with Crippen molar-refractivity contribution in [3.05, 3.63) is 86.8 Å². The van der Waals surface area contributed by atoms with E-state index in [0.717, 1.165) is 12.1 Å². The van der Waals surface area contributed by atoms with Gasteiger partial charge in [-0.3, -0.25) is 9.59 Å². The molecule has 1 aliphatic rings. The molecule has 178 valence electrons. The third kappa shape index (κ3) is 5.18. The second-order valence-corrected chi connectivity index (χ2v) is 8.53. The lowest BCUT2D eigenvalue weighted by Gasteiger charge is -2.28. The minimum atomic E-state index is -4.48. The van der Waals surface area contributed by atoms with Gasteiger partial charge in [-0.2, -0.15) is 13.2 Å². The number of anilines is 1. The van der Waals surface area contributed by atoms with Crippen LogP contribution in [0.1, 0.15) is 21.5 Å². The van der Waals surface area contributed by atoms with E-state index in [0.29, 0.717) is 53.7 Å². The van der Waals surface area contributed by atoms with E-state index in [2.05, 4.69) is 0 Å². The Labute approximate surface area is 199 Å². The van der Waals surface area contributed by atoms with Gasteiger partial charge in [-0.1, -0.05) is 29.8 Å². The third-order valence-corrected chi connectivity index (χ3v) is 6.06. The molecule has 0 atom stereocenters. The lowest BCUT2D eigenvalue weighted by atomic mass is 9.98. The smallest absolute Gasteiger partial charge is 0.378 e. The average molecular weight is 491 g/mol. The number of benzene rings is 2. The summed E-state index contributed by atoms with van der Waals surface area (Å²) in [5, 5.41) is 0.391. The predicted molar refractivity (Wildman–Crippen MR) is 125 cm³/mol. The minimum absolute atomic E-state index is 0.154. The van der Waals surface area contributed by atoms with E-state index in [1.54, 1.807) is 37.5 Å². The maximum Gasteiger partial charge on any atom is 0.416 e. The van der Waals surface area contributed by atoms with E-state index in [1.807, 2.05) is 4.90 Å². The van der Waals surface area contributed by atoms with Crippen molar-refractivity contribution >= 4 is 23.1 Å². The first kappa shape index (κ1) is 24.0. The molecule has 34 heavy (non-hydrogen) atoms. The molecular weight excluding hydrogens is 469 g/mol. The molecule has 5 nitrogen and oxygen atoms in total. The zero-order chi connectivity index (χ0) is 24.5. The topological polar surface area (TPSA) is 51.5 Å². The fourth-order valence-corrected chi connectivity index (χ4v) is 4.16. The molecule has 0 spiro atoms. The molecule has 0 amide bonds. The molecule has 1 fully saturated rings. The van der Waals surface area contributed by atoms with Crippen LogP contribution in [0, 0.1) is 0 Å². The van der Waals surface area contributed by atoms with E-state index in [-0.39, 0.29) is 23.3 Å². The summed E-state index contributed by atoms with van der Waals surface area (Å²) in [6.45, 7) is 2.21. The highest BCUT2D eigenvalue weighted by atomic mass is 35.5. The normalized spacial score (nSPS) is 14.3. The maximum absolute atomic E-state index is 13.0. The van der Waals surface area contributed by atoms with Crippen LogP contribution in [0.4, 0.5) is 18.9 Å². The van der Waals surface area contributed by atoms with Crippen LogP contribution >= 0.6 is 11.6 Å². The van der Waals surface area contributed by atoms with Crippen LogP contribution in [0.15, 0.2) is 59.5 Å². The molecule has 0 aliphatic carbocycles. The summed E-state index contributed by atoms with van der Waals surface area (Å²) in [4.78, 5) is 27.6. The molecule has 0 radical (unpaired) electrons. The number of hydrogen-bond donors (Lipinski definition) is 0. The van der Waals surface area contributed by atoms with Gasteiger partial charge in [0.25, 0.3) is 5.56 Å². The summed E-state index contributed by atoms with van der Waals surface area (Å²) in [6, 6.07) is 11.2. The number of ether oxygens (including phenoxy) is 1. The lowest BCUT2D eigenvalue weighted by Crippen LogP contribution is -2.40. The summed E-state index contributed by atoms with van der Waals surface area (Å²) in [5.41, 5.74) is 1.37. The van der Waals surface area contributed by atoms with Crippen LogP contribution in [0.2, 0.25) is 5.02 Å². The van der Waals surface area contributed by atoms with Crippen molar-refractivity contribution < 1.29 is 22.7 Å². The molecule has 3 aromatic rings. The molecule has 2 heterocycles. The fraction of sp³-hybridized carbons (Fsp3) is 0.280. The minimum Gasteiger partial charge on any atom is -0.378 e. The van der Waals surface area contributed by atoms with Crippen LogP contribution in [0.3, 0.4) is 0 Å². The molecule has 0 saturated carbocycles. The zero-order valence-electron chi connectivity index (χ0n) is 18.4. The molecular formula is C25H22ClF3N2O3. The van der Waals surface area contributed by atoms with Gasteiger partial charge < -0.3 is 14.2 Å². The SMILES string of the molecule is Cn1cc(-c2cc(C(=O)Cc3cccc(C(F)(F)F)c3)ccc2Cl)cc(N2CCOCC2)c1=O. The Kier molecular flexibility index (Phi) is 6.81. The Morgan fingerprint density at radius 1 is 1.09 bits per heavy atom. The van der Waals surface area contributed by atoms with Crippen molar-refractivity contribution in [1.29, 1.82) is 0 Å². The van der Waals surface area contributed by atoms with Gasteiger partial charge in [0.05, 0.1) is 18.8 Å². The van der Waals surface area contributed by atoms with Crippen LogP contribution < -0.4 is 10.5 Å². The quantitative estimate of drug-likeness (QED) is 0.473. The van der Waals surface area contributed by atoms with Gasteiger partial charge >= 0.3 is 6.18 Å². The number of Topliss-reactive ketones (excluding diaryl/α,β-unsaturated/α-hetero) is 1. The number of morpholine rings is 1. The van der Waals surface area contributed by atoms with Gasteiger partial charge in [-0.15, -0.1) is 0 Å². The number of carbonyl (C=O) groups is 1. The number of pyridine rings is 1. The van der Waals surface area contributed by atoms with Gasteiger partial charge in [0.2, 0.25) is 0 Å². The summed E-state index contributed by atoms with van der Waals surface area (Å²) in [7, 11) is 1.65. The zero-order valence-corrected chi connectivity index (χ0v) is 19.1. The highest BCUT2D eigenvalue weighted by Crippen LogP contribution is 2.32. The van der Waals surface area contributed by atoms with E-state index in [9.17, 15) is 22.8 Å². The van der Waals surface area contributed by atoms with E-state index < -0.39 is 11.7 Å². The third-order valence-electron chi connectivity index (χ3n) is 5.73. The number of aromatic nitrogens is 1. The molecule has 1 saturated heterocycles. The van der Waals surface area contributed by atoms with Crippen molar-refractivity contribution in [1.82, 2.24) is 4.57 Å².